The Hall–Kier alpha value is -1.36. The Morgan fingerprint density at radius 3 is 2.52 bits per heavy atom. The van der Waals surface area contributed by atoms with Crippen molar-refractivity contribution in [1.82, 2.24) is 5.32 Å². The van der Waals surface area contributed by atoms with Crippen LogP contribution in [-0.4, -0.2) is 36.7 Å². The lowest BCUT2D eigenvalue weighted by atomic mass is 9.82. The first-order valence-electron chi connectivity index (χ1n) is 7.91. The lowest BCUT2D eigenvalue weighted by molar-refractivity contribution is -0.147. The number of aliphatic carboxylic acids is 1. The molecule has 5 heteroatoms. The van der Waals surface area contributed by atoms with Crippen LogP contribution < -0.4 is 5.32 Å². The SMILES string of the molecule is CCCCOCCCNC(=O)[C@H]1C2C=CC(C2)[C@H]1C(=O)O. The quantitative estimate of drug-likeness (QED) is 0.502. The van der Waals surface area contributed by atoms with E-state index in [9.17, 15) is 14.7 Å². The van der Waals surface area contributed by atoms with Gasteiger partial charge in [0.05, 0.1) is 11.8 Å². The number of rotatable bonds is 9. The maximum atomic E-state index is 12.2. The van der Waals surface area contributed by atoms with Crippen molar-refractivity contribution in [2.24, 2.45) is 23.7 Å². The fourth-order valence-electron chi connectivity index (χ4n) is 3.37. The molecule has 2 aliphatic rings. The summed E-state index contributed by atoms with van der Waals surface area (Å²) in [6, 6.07) is 0. The minimum atomic E-state index is -0.852. The van der Waals surface area contributed by atoms with Crippen LogP contribution in [0.4, 0.5) is 0 Å². The summed E-state index contributed by atoms with van der Waals surface area (Å²) in [4.78, 5) is 23.6. The Morgan fingerprint density at radius 1 is 1.19 bits per heavy atom. The Kier molecular flexibility index (Phi) is 5.79. The summed E-state index contributed by atoms with van der Waals surface area (Å²) < 4.78 is 5.43. The monoisotopic (exact) mass is 295 g/mol. The minimum Gasteiger partial charge on any atom is -0.481 e. The third-order valence-corrected chi connectivity index (χ3v) is 4.45. The highest BCUT2D eigenvalue weighted by molar-refractivity contribution is 5.86. The molecule has 2 aliphatic carbocycles. The summed E-state index contributed by atoms with van der Waals surface area (Å²) in [6.07, 6.45) is 7.70. The van der Waals surface area contributed by atoms with Crippen molar-refractivity contribution in [3.05, 3.63) is 12.2 Å². The third-order valence-electron chi connectivity index (χ3n) is 4.45. The fraction of sp³-hybridized carbons (Fsp3) is 0.750. The number of ether oxygens (including phenoxy) is 1. The van der Waals surface area contributed by atoms with E-state index in [0.29, 0.717) is 13.2 Å². The number of nitrogens with one attached hydrogen (secondary N) is 1. The van der Waals surface area contributed by atoms with E-state index in [0.717, 1.165) is 32.3 Å². The van der Waals surface area contributed by atoms with Crippen LogP contribution in [0.1, 0.15) is 32.6 Å². The van der Waals surface area contributed by atoms with E-state index in [1.165, 1.54) is 0 Å². The van der Waals surface area contributed by atoms with Gasteiger partial charge in [0.15, 0.2) is 0 Å². The molecule has 4 atom stereocenters. The molecule has 0 aromatic heterocycles. The number of carbonyl (C=O) groups excluding carboxylic acids is 1. The van der Waals surface area contributed by atoms with E-state index in [2.05, 4.69) is 12.2 Å². The van der Waals surface area contributed by atoms with Crippen LogP contribution in [0.2, 0.25) is 0 Å². The molecule has 2 bridgehead atoms. The summed E-state index contributed by atoms with van der Waals surface area (Å²) in [5.41, 5.74) is 0. The summed E-state index contributed by atoms with van der Waals surface area (Å²) in [6.45, 7) is 4.07. The summed E-state index contributed by atoms with van der Waals surface area (Å²) in [5.74, 6) is -1.81. The molecule has 0 aromatic rings. The van der Waals surface area contributed by atoms with Crippen LogP contribution in [0.25, 0.3) is 0 Å². The standard InChI is InChI=1S/C16H25NO4/c1-2-3-8-21-9-4-7-17-15(18)13-11-5-6-12(10-11)14(13)16(19)20/h5-6,11-14H,2-4,7-10H2,1H3,(H,17,18)(H,19,20)/t11?,12?,13-,14+/m0/s1. The molecule has 2 rings (SSSR count). The Balaban J connectivity index is 1.71. The Morgan fingerprint density at radius 2 is 1.86 bits per heavy atom. The molecule has 1 fully saturated rings. The van der Waals surface area contributed by atoms with Gasteiger partial charge in [-0.25, -0.2) is 0 Å². The Labute approximate surface area is 125 Å². The van der Waals surface area contributed by atoms with Gasteiger partial charge in [-0.1, -0.05) is 25.5 Å². The molecule has 0 saturated heterocycles. The second-order valence-electron chi connectivity index (χ2n) is 5.95. The van der Waals surface area contributed by atoms with Gasteiger partial charge in [0, 0.05) is 19.8 Å². The van der Waals surface area contributed by atoms with Crippen molar-refractivity contribution in [3.63, 3.8) is 0 Å². The van der Waals surface area contributed by atoms with Crippen LogP contribution >= 0.6 is 0 Å². The van der Waals surface area contributed by atoms with Crippen molar-refractivity contribution < 1.29 is 19.4 Å². The van der Waals surface area contributed by atoms with Gasteiger partial charge in [0.1, 0.15) is 0 Å². The number of hydrogen-bond donors (Lipinski definition) is 2. The van der Waals surface area contributed by atoms with E-state index in [4.69, 9.17) is 4.74 Å². The molecule has 1 saturated carbocycles. The number of unbranched alkanes of at least 4 members (excludes halogenated alkanes) is 1. The van der Waals surface area contributed by atoms with Crippen LogP contribution in [0.3, 0.4) is 0 Å². The van der Waals surface area contributed by atoms with Crippen LogP contribution in [0.15, 0.2) is 12.2 Å². The number of carbonyl (C=O) groups is 2. The highest BCUT2D eigenvalue weighted by atomic mass is 16.5. The molecule has 0 aliphatic heterocycles. The normalized spacial score (nSPS) is 29.8. The average Bonchev–Trinajstić information content (AvgIpc) is 3.06. The molecule has 0 aromatic carbocycles. The summed E-state index contributed by atoms with van der Waals surface area (Å²) in [7, 11) is 0. The topological polar surface area (TPSA) is 75.6 Å². The van der Waals surface area contributed by atoms with Gasteiger partial charge in [-0.05, 0) is 31.1 Å². The molecular weight excluding hydrogens is 270 g/mol. The van der Waals surface area contributed by atoms with E-state index in [1.807, 2.05) is 12.2 Å². The molecule has 21 heavy (non-hydrogen) atoms. The van der Waals surface area contributed by atoms with Gasteiger partial charge in [-0.15, -0.1) is 0 Å². The fourth-order valence-corrected chi connectivity index (χ4v) is 3.37. The maximum Gasteiger partial charge on any atom is 0.307 e. The van der Waals surface area contributed by atoms with Gasteiger partial charge in [-0.3, -0.25) is 9.59 Å². The summed E-state index contributed by atoms with van der Waals surface area (Å²) >= 11 is 0. The van der Waals surface area contributed by atoms with Gasteiger partial charge in [0.25, 0.3) is 0 Å². The number of fused-ring (bicyclic) bond motifs is 2. The first kappa shape index (κ1) is 16.0. The molecule has 1 amide bonds. The van der Waals surface area contributed by atoms with Crippen molar-refractivity contribution in [3.8, 4) is 0 Å². The highest BCUT2D eigenvalue weighted by Crippen LogP contribution is 2.48. The van der Waals surface area contributed by atoms with E-state index >= 15 is 0 Å². The van der Waals surface area contributed by atoms with E-state index in [-0.39, 0.29) is 17.7 Å². The molecule has 0 radical (unpaired) electrons. The highest BCUT2D eigenvalue weighted by Gasteiger charge is 2.51. The van der Waals surface area contributed by atoms with Crippen molar-refractivity contribution in [1.29, 1.82) is 0 Å². The zero-order valence-corrected chi connectivity index (χ0v) is 12.6. The van der Waals surface area contributed by atoms with E-state index in [1.54, 1.807) is 0 Å². The third kappa shape index (κ3) is 3.84. The molecule has 118 valence electrons. The lowest BCUT2D eigenvalue weighted by Crippen LogP contribution is -2.40. The number of hydrogen-bond acceptors (Lipinski definition) is 3. The summed E-state index contributed by atoms with van der Waals surface area (Å²) in [5, 5.41) is 12.2. The van der Waals surface area contributed by atoms with Crippen LogP contribution in [0.5, 0.6) is 0 Å². The molecule has 0 spiro atoms. The zero-order valence-electron chi connectivity index (χ0n) is 12.6. The largest absolute Gasteiger partial charge is 0.481 e. The molecular formula is C16H25NO4. The second-order valence-corrected chi connectivity index (χ2v) is 5.95. The van der Waals surface area contributed by atoms with Gasteiger partial charge in [-0.2, -0.15) is 0 Å². The predicted octanol–water partition coefficient (Wildman–Crippen LogP) is 1.83. The maximum absolute atomic E-state index is 12.2. The average molecular weight is 295 g/mol. The first-order valence-corrected chi connectivity index (χ1v) is 7.91. The Bertz CT molecular complexity index is 407. The molecule has 5 nitrogen and oxygen atoms in total. The minimum absolute atomic E-state index is 0.0284. The van der Waals surface area contributed by atoms with Gasteiger partial charge >= 0.3 is 5.97 Å². The van der Waals surface area contributed by atoms with Crippen molar-refractivity contribution in [2.45, 2.75) is 32.6 Å². The van der Waals surface area contributed by atoms with Crippen LogP contribution in [0, 0.1) is 23.7 Å². The number of amides is 1. The van der Waals surface area contributed by atoms with Gasteiger partial charge in [0.2, 0.25) is 5.91 Å². The lowest BCUT2D eigenvalue weighted by Gasteiger charge is -2.23. The molecule has 2 N–H and O–H groups in total. The second kappa shape index (κ2) is 7.59. The number of carboxylic acid groups (broad SMARTS) is 1. The molecule has 0 heterocycles. The van der Waals surface area contributed by atoms with Crippen molar-refractivity contribution in [2.75, 3.05) is 19.8 Å². The molecule has 2 unspecified atom stereocenters. The van der Waals surface area contributed by atoms with Crippen molar-refractivity contribution >= 4 is 11.9 Å². The van der Waals surface area contributed by atoms with Crippen LogP contribution in [-0.2, 0) is 14.3 Å². The number of carboxylic acids is 1. The first-order chi connectivity index (χ1) is 10.1. The van der Waals surface area contributed by atoms with Gasteiger partial charge < -0.3 is 15.2 Å². The predicted molar refractivity (Wildman–Crippen MR) is 78.7 cm³/mol. The smallest absolute Gasteiger partial charge is 0.307 e. The zero-order chi connectivity index (χ0) is 15.2. The van der Waals surface area contributed by atoms with E-state index < -0.39 is 17.8 Å². The number of allylic oxidation sites excluding steroid dienone is 2.